The summed E-state index contributed by atoms with van der Waals surface area (Å²) in [6.07, 6.45) is 3.65. The van der Waals surface area contributed by atoms with Gasteiger partial charge in [0.05, 0.1) is 0 Å². The van der Waals surface area contributed by atoms with Crippen molar-refractivity contribution in [3.05, 3.63) is 0 Å². The van der Waals surface area contributed by atoms with E-state index in [-0.39, 0.29) is 5.04 Å². The maximum atomic E-state index is 6.11. The first-order chi connectivity index (χ1) is 6.93. The first-order valence-corrected chi connectivity index (χ1v) is 8.15. The maximum absolute atomic E-state index is 6.11. The quantitative estimate of drug-likeness (QED) is 0.486. The molecule has 3 heteroatoms. The first kappa shape index (κ1) is 15.1. The van der Waals surface area contributed by atoms with E-state index < -0.39 is 8.56 Å². The Morgan fingerprint density at radius 3 is 2.00 bits per heavy atom. The minimum Gasteiger partial charge on any atom is -0.397 e. The van der Waals surface area contributed by atoms with Crippen LogP contribution in [0.4, 0.5) is 0 Å². The average Bonchev–Trinajstić information content (AvgIpc) is 2.17. The molecular weight excluding hydrogens is 204 g/mol. The van der Waals surface area contributed by atoms with Crippen LogP contribution in [0.3, 0.4) is 0 Å². The van der Waals surface area contributed by atoms with Crippen LogP contribution in [0.2, 0.25) is 11.1 Å². The van der Waals surface area contributed by atoms with E-state index in [4.69, 9.17) is 8.85 Å². The van der Waals surface area contributed by atoms with Gasteiger partial charge in [-0.3, -0.25) is 0 Å². The molecule has 0 fully saturated rings. The third-order valence-electron chi connectivity index (χ3n) is 3.02. The summed E-state index contributed by atoms with van der Waals surface area (Å²) in [4.78, 5) is 0. The van der Waals surface area contributed by atoms with E-state index >= 15 is 0 Å². The van der Waals surface area contributed by atoms with E-state index in [2.05, 4.69) is 34.6 Å². The van der Waals surface area contributed by atoms with Crippen molar-refractivity contribution in [1.82, 2.24) is 0 Å². The predicted octanol–water partition coefficient (Wildman–Crippen LogP) is 4.10. The second kappa shape index (κ2) is 6.66. The van der Waals surface area contributed by atoms with Gasteiger partial charge in [-0.1, -0.05) is 47.5 Å². The molecule has 0 saturated carbocycles. The Labute approximate surface area is 96.6 Å². The number of hydrogen-bond donors (Lipinski definition) is 0. The summed E-state index contributed by atoms with van der Waals surface area (Å²) < 4.78 is 11.9. The van der Waals surface area contributed by atoms with E-state index in [1.54, 1.807) is 7.11 Å². The van der Waals surface area contributed by atoms with Crippen LogP contribution in [0.1, 0.15) is 53.9 Å². The molecule has 0 aliphatic heterocycles. The van der Waals surface area contributed by atoms with Crippen LogP contribution in [-0.4, -0.2) is 22.3 Å². The molecule has 0 spiro atoms. The van der Waals surface area contributed by atoms with Crippen molar-refractivity contribution >= 4 is 8.56 Å². The Morgan fingerprint density at radius 2 is 1.67 bits per heavy atom. The van der Waals surface area contributed by atoms with Gasteiger partial charge in [0.25, 0.3) is 0 Å². The molecule has 15 heavy (non-hydrogen) atoms. The second-order valence-electron chi connectivity index (χ2n) is 5.12. The number of unbranched alkanes of at least 4 members (excludes halogenated alkanes) is 2. The normalized spacial score (nSPS) is 16.4. The summed E-state index contributed by atoms with van der Waals surface area (Å²) in [7, 11) is -0.189. The van der Waals surface area contributed by atoms with Crippen molar-refractivity contribution in [3.63, 3.8) is 0 Å². The van der Waals surface area contributed by atoms with Gasteiger partial charge in [-0.05, 0) is 12.5 Å². The topological polar surface area (TPSA) is 18.5 Å². The third kappa shape index (κ3) is 4.25. The highest BCUT2D eigenvalue weighted by Crippen LogP contribution is 2.39. The third-order valence-corrected chi connectivity index (χ3v) is 7.57. The lowest BCUT2D eigenvalue weighted by molar-refractivity contribution is 0.173. The van der Waals surface area contributed by atoms with E-state index in [0.29, 0.717) is 0 Å². The smallest absolute Gasteiger partial charge is 0.343 e. The second-order valence-corrected chi connectivity index (χ2v) is 9.53. The van der Waals surface area contributed by atoms with Crippen molar-refractivity contribution in [2.75, 3.05) is 13.7 Å². The van der Waals surface area contributed by atoms with Crippen molar-refractivity contribution in [2.24, 2.45) is 0 Å². The highest BCUT2D eigenvalue weighted by atomic mass is 28.4. The summed E-state index contributed by atoms with van der Waals surface area (Å²) in [6.45, 7) is 11.9. The van der Waals surface area contributed by atoms with Gasteiger partial charge in [0.15, 0.2) is 0 Å². The maximum Gasteiger partial charge on any atom is 0.343 e. The fraction of sp³-hybridized carbons (Fsp3) is 1.00. The van der Waals surface area contributed by atoms with E-state index in [9.17, 15) is 0 Å². The molecule has 0 aliphatic rings. The van der Waals surface area contributed by atoms with E-state index in [1.807, 2.05) is 0 Å². The van der Waals surface area contributed by atoms with Crippen molar-refractivity contribution < 1.29 is 8.85 Å². The van der Waals surface area contributed by atoms with Gasteiger partial charge in [0, 0.05) is 18.8 Å². The molecule has 0 amide bonds. The zero-order valence-corrected chi connectivity index (χ0v) is 12.4. The summed E-state index contributed by atoms with van der Waals surface area (Å²) in [5, 5.41) is 0.155. The first-order valence-electron chi connectivity index (χ1n) is 6.12. The Morgan fingerprint density at radius 1 is 1.07 bits per heavy atom. The fourth-order valence-corrected chi connectivity index (χ4v) is 5.14. The molecule has 0 aromatic heterocycles. The lowest BCUT2D eigenvalue weighted by Crippen LogP contribution is -2.49. The van der Waals surface area contributed by atoms with Crippen LogP contribution in [0.25, 0.3) is 0 Å². The lowest BCUT2D eigenvalue weighted by atomic mass is 10.2. The molecule has 0 bridgehead atoms. The standard InChI is InChI=1S/C12H28O2Si/c1-7-9-10-11-14-15(8-2,13-6)12(3,4)5/h7-11H2,1-6H3. The minimum absolute atomic E-state index is 0.155. The molecule has 0 N–H and O–H groups in total. The Bertz CT molecular complexity index is 159. The van der Waals surface area contributed by atoms with E-state index in [0.717, 1.165) is 19.1 Å². The minimum atomic E-state index is -2.00. The van der Waals surface area contributed by atoms with Gasteiger partial charge in [-0.2, -0.15) is 0 Å². The molecule has 0 radical (unpaired) electrons. The van der Waals surface area contributed by atoms with Crippen LogP contribution < -0.4 is 0 Å². The highest BCUT2D eigenvalue weighted by molar-refractivity contribution is 6.70. The molecule has 1 unspecified atom stereocenters. The van der Waals surface area contributed by atoms with Crippen LogP contribution in [-0.2, 0) is 8.85 Å². The summed E-state index contributed by atoms with van der Waals surface area (Å²) in [6, 6.07) is 1.03. The molecular formula is C12H28O2Si. The SMILES string of the molecule is CCCCCO[Si](CC)(OC)C(C)(C)C. The molecule has 0 heterocycles. The molecule has 92 valence electrons. The van der Waals surface area contributed by atoms with Gasteiger partial charge >= 0.3 is 8.56 Å². The Kier molecular flexibility index (Phi) is 6.72. The van der Waals surface area contributed by atoms with Gasteiger partial charge < -0.3 is 8.85 Å². The van der Waals surface area contributed by atoms with Crippen molar-refractivity contribution in [3.8, 4) is 0 Å². The number of rotatable bonds is 7. The summed E-state index contributed by atoms with van der Waals surface area (Å²) in [5.41, 5.74) is 0. The fourth-order valence-electron chi connectivity index (χ4n) is 1.95. The molecule has 1 atom stereocenters. The average molecular weight is 232 g/mol. The van der Waals surface area contributed by atoms with Crippen LogP contribution in [0.15, 0.2) is 0 Å². The zero-order valence-electron chi connectivity index (χ0n) is 11.4. The molecule has 0 rings (SSSR count). The monoisotopic (exact) mass is 232 g/mol. The summed E-state index contributed by atoms with van der Waals surface area (Å²) >= 11 is 0. The lowest BCUT2D eigenvalue weighted by Gasteiger charge is -2.39. The highest BCUT2D eigenvalue weighted by Gasteiger charge is 2.46. The zero-order chi connectivity index (χ0) is 11.9. The predicted molar refractivity (Wildman–Crippen MR) is 68.4 cm³/mol. The molecule has 0 aromatic rings. The molecule has 0 aromatic carbocycles. The molecule has 0 aliphatic carbocycles. The van der Waals surface area contributed by atoms with Crippen LogP contribution in [0, 0.1) is 0 Å². The van der Waals surface area contributed by atoms with Crippen molar-refractivity contribution in [2.45, 2.75) is 65.0 Å². The van der Waals surface area contributed by atoms with Gasteiger partial charge in [0.2, 0.25) is 0 Å². The molecule has 2 nitrogen and oxygen atoms in total. The summed E-state index contributed by atoms with van der Waals surface area (Å²) in [5.74, 6) is 0. The van der Waals surface area contributed by atoms with Crippen molar-refractivity contribution in [1.29, 1.82) is 0 Å². The Hall–Kier alpha value is 0.137. The Balaban J connectivity index is 4.26. The van der Waals surface area contributed by atoms with E-state index in [1.165, 1.54) is 12.8 Å². The van der Waals surface area contributed by atoms with Crippen LogP contribution in [0.5, 0.6) is 0 Å². The van der Waals surface area contributed by atoms with Gasteiger partial charge in [-0.25, -0.2) is 0 Å². The van der Waals surface area contributed by atoms with Crippen LogP contribution >= 0.6 is 0 Å². The molecule has 0 saturated heterocycles. The largest absolute Gasteiger partial charge is 0.397 e. The van der Waals surface area contributed by atoms with Gasteiger partial charge in [-0.15, -0.1) is 0 Å². The van der Waals surface area contributed by atoms with Gasteiger partial charge in [0.1, 0.15) is 0 Å². The number of hydrogen-bond acceptors (Lipinski definition) is 2.